The summed E-state index contributed by atoms with van der Waals surface area (Å²) in [4.78, 5) is 15.5. The Morgan fingerprint density at radius 3 is 2.89 bits per heavy atom. The Morgan fingerprint density at radius 2 is 2.15 bits per heavy atom. The molecule has 0 unspecified atom stereocenters. The van der Waals surface area contributed by atoms with Crippen molar-refractivity contribution >= 4 is 50.4 Å². The first-order chi connectivity index (χ1) is 13.0. The third kappa shape index (κ3) is 4.33. The van der Waals surface area contributed by atoms with E-state index in [1.165, 1.54) is 12.1 Å². The molecule has 3 N–H and O–H groups in total. The zero-order valence-corrected chi connectivity index (χ0v) is 16.4. The van der Waals surface area contributed by atoms with Crippen molar-refractivity contribution in [3.8, 4) is 11.8 Å². The highest BCUT2D eigenvalue weighted by Crippen LogP contribution is 2.33. The van der Waals surface area contributed by atoms with Crippen molar-refractivity contribution in [1.29, 1.82) is 5.26 Å². The van der Waals surface area contributed by atoms with Gasteiger partial charge < -0.3 is 15.4 Å². The SMILES string of the molecule is N#C/C(=C/c1cc(Cl)c(O)c(Br)c1)C(=O)NCCc1c[nH]c2ccccc12. The van der Waals surface area contributed by atoms with Gasteiger partial charge in [0.05, 0.1) is 9.50 Å². The summed E-state index contributed by atoms with van der Waals surface area (Å²) in [5.74, 6) is -0.548. The van der Waals surface area contributed by atoms with E-state index in [9.17, 15) is 15.2 Å². The van der Waals surface area contributed by atoms with Gasteiger partial charge in [0.1, 0.15) is 17.4 Å². The Bertz CT molecular complexity index is 1060. The van der Waals surface area contributed by atoms with Gasteiger partial charge in [0.25, 0.3) is 5.91 Å². The lowest BCUT2D eigenvalue weighted by Gasteiger charge is -2.05. The van der Waals surface area contributed by atoms with Crippen LogP contribution in [-0.2, 0) is 11.2 Å². The molecule has 27 heavy (non-hydrogen) atoms. The Morgan fingerprint density at radius 1 is 1.37 bits per heavy atom. The van der Waals surface area contributed by atoms with Gasteiger partial charge in [0, 0.05) is 23.6 Å². The van der Waals surface area contributed by atoms with Crippen molar-refractivity contribution in [2.24, 2.45) is 0 Å². The van der Waals surface area contributed by atoms with Crippen molar-refractivity contribution in [3.05, 3.63) is 68.8 Å². The number of carbonyl (C=O) groups is 1. The number of aromatic hydroxyl groups is 1. The minimum atomic E-state index is -0.460. The monoisotopic (exact) mass is 443 g/mol. The van der Waals surface area contributed by atoms with Gasteiger partial charge in [-0.05, 0) is 57.8 Å². The lowest BCUT2D eigenvalue weighted by atomic mass is 10.1. The molecule has 0 spiro atoms. The van der Waals surface area contributed by atoms with Gasteiger partial charge in [-0.2, -0.15) is 5.26 Å². The van der Waals surface area contributed by atoms with Crippen LogP contribution in [0.15, 0.2) is 52.6 Å². The fraction of sp³-hybridized carbons (Fsp3) is 0.100. The van der Waals surface area contributed by atoms with Crippen LogP contribution >= 0.6 is 27.5 Å². The van der Waals surface area contributed by atoms with Gasteiger partial charge in [0.2, 0.25) is 0 Å². The molecule has 0 aliphatic heterocycles. The van der Waals surface area contributed by atoms with E-state index in [2.05, 4.69) is 26.2 Å². The van der Waals surface area contributed by atoms with Gasteiger partial charge >= 0.3 is 0 Å². The van der Waals surface area contributed by atoms with Crippen LogP contribution in [0.4, 0.5) is 0 Å². The molecule has 1 aromatic heterocycles. The van der Waals surface area contributed by atoms with Crippen LogP contribution in [0.3, 0.4) is 0 Å². The number of aromatic nitrogens is 1. The molecular formula is C20H15BrClN3O2. The van der Waals surface area contributed by atoms with E-state index in [1.54, 1.807) is 6.07 Å². The molecule has 0 aliphatic rings. The number of hydrogen-bond acceptors (Lipinski definition) is 3. The average molecular weight is 445 g/mol. The summed E-state index contributed by atoms with van der Waals surface area (Å²) in [6, 6.07) is 12.9. The van der Waals surface area contributed by atoms with Crippen molar-refractivity contribution in [3.63, 3.8) is 0 Å². The molecule has 0 radical (unpaired) electrons. The lowest BCUT2D eigenvalue weighted by molar-refractivity contribution is -0.117. The first-order valence-corrected chi connectivity index (χ1v) is 9.29. The predicted molar refractivity (Wildman–Crippen MR) is 109 cm³/mol. The second-order valence-electron chi connectivity index (χ2n) is 5.87. The second-order valence-corrected chi connectivity index (χ2v) is 7.13. The molecule has 0 fully saturated rings. The van der Waals surface area contributed by atoms with E-state index in [1.807, 2.05) is 36.5 Å². The second kappa shape index (κ2) is 8.30. The standard InChI is InChI=1S/C20H15BrClN3O2/c21-16-8-12(9-17(22)19(16)26)7-14(10-23)20(27)24-6-5-13-11-25-18-4-2-1-3-15(13)18/h1-4,7-9,11,25-26H,5-6H2,(H,24,27)/b14-7-. The quantitative estimate of drug-likeness (QED) is 0.398. The molecule has 3 rings (SSSR count). The van der Waals surface area contributed by atoms with Crippen LogP contribution in [0.2, 0.25) is 5.02 Å². The molecule has 0 saturated heterocycles. The van der Waals surface area contributed by atoms with Gasteiger partial charge in [0.15, 0.2) is 0 Å². The van der Waals surface area contributed by atoms with E-state index in [4.69, 9.17) is 11.6 Å². The van der Waals surface area contributed by atoms with Crippen molar-refractivity contribution in [2.75, 3.05) is 6.54 Å². The predicted octanol–water partition coefficient (Wildman–Crippen LogP) is 4.56. The number of aromatic amines is 1. The largest absolute Gasteiger partial charge is 0.505 e. The van der Waals surface area contributed by atoms with E-state index < -0.39 is 5.91 Å². The fourth-order valence-corrected chi connectivity index (χ4v) is 3.55. The molecule has 5 nitrogen and oxygen atoms in total. The molecule has 1 heterocycles. The van der Waals surface area contributed by atoms with E-state index in [0.717, 1.165) is 16.5 Å². The number of nitrogens with zero attached hydrogens (tertiary/aromatic N) is 1. The van der Waals surface area contributed by atoms with Crippen molar-refractivity contribution < 1.29 is 9.90 Å². The Kier molecular flexibility index (Phi) is 5.84. The molecular weight excluding hydrogens is 430 g/mol. The van der Waals surface area contributed by atoms with E-state index in [-0.39, 0.29) is 16.3 Å². The number of fused-ring (bicyclic) bond motifs is 1. The Hall–Kier alpha value is -2.75. The van der Waals surface area contributed by atoms with Crippen LogP contribution < -0.4 is 5.32 Å². The van der Waals surface area contributed by atoms with Gasteiger partial charge in [-0.25, -0.2) is 0 Å². The summed E-state index contributed by atoms with van der Waals surface area (Å²) >= 11 is 9.10. The summed E-state index contributed by atoms with van der Waals surface area (Å²) in [6.07, 6.45) is 4.00. The maximum atomic E-state index is 12.3. The number of carbonyl (C=O) groups excluding carboxylic acids is 1. The van der Waals surface area contributed by atoms with Crippen LogP contribution in [0.5, 0.6) is 5.75 Å². The third-order valence-corrected chi connectivity index (χ3v) is 4.96. The summed E-state index contributed by atoms with van der Waals surface area (Å²) < 4.78 is 0.387. The number of H-pyrrole nitrogens is 1. The van der Waals surface area contributed by atoms with Crippen LogP contribution in [0.1, 0.15) is 11.1 Å². The zero-order valence-electron chi connectivity index (χ0n) is 14.1. The molecule has 0 aliphatic carbocycles. The minimum absolute atomic E-state index is 0.0393. The van der Waals surface area contributed by atoms with Crippen LogP contribution in [-0.4, -0.2) is 22.5 Å². The topological polar surface area (TPSA) is 88.9 Å². The summed E-state index contributed by atoms with van der Waals surface area (Å²) in [7, 11) is 0. The smallest absolute Gasteiger partial charge is 0.261 e. The van der Waals surface area contributed by atoms with Gasteiger partial charge in [-0.1, -0.05) is 29.8 Å². The molecule has 136 valence electrons. The van der Waals surface area contributed by atoms with Crippen LogP contribution in [0.25, 0.3) is 17.0 Å². The first kappa shape index (κ1) is 19.0. The fourth-order valence-electron chi connectivity index (χ4n) is 2.73. The number of nitrogens with one attached hydrogen (secondary N) is 2. The number of phenols is 1. The number of para-hydroxylation sites is 1. The number of halogens is 2. The number of phenolic OH excluding ortho intramolecular Hbond substituents is 1. The number of rotatable bonds is 5. The Labute approximate surface area is 169 Å². The summed E-state index contributed by atoms with van der Waals surface area (Å²) in [6.45, 7) is 0.403. The van der Waals surface area contributed by atoms with E-state index in [0.29, 0.717) is 23.0 Å². The molecule has 0 bridgehead atoms. The van der Waals surface area contributed by atoms with Crippen molar-refractivity contribution in [2.45, 2.75) is 6.42 Å². The number of hydrogen-bond donors (Lipinski definition) is 3. The highest BCUT2D eigenvalue weighted by molar-refractivity contribution is 9.10. The highest BCUT2D eigenvalue weighted by Gasteiger charge is 2.11. The highest BCUT2D eigenvalue weighted by atomic mass is 79.9. The number of amides is 1. The van der Waals surface area contributed by atoms with Crippen molar-refractivity contribution in [1.82, 2.24) is 10.3 Å². The lowest BCUT2D eigenvalue weighted by Crippen LogP contribution is -2.26. The van der Waals surface area contributed by atoms with E-state index >= 15 is 0 Å². The molecule has 1 amide bonds. The number of nitriles is 1. The van der Waals surface area contributed by atoms with Gasteiger partial charge in [-0.15, -0.1) is 0 Å². The third-order valence-electron chi connectivity index (χ3n) is 4.07. The molecule has 0 saturated carbocycles. The summed E-state index contributed by atoms with van der Waals surface area (Å²) in [5, 5.41) is 23.0. The maximum Gasteiger partial charge on any atom is 0.261 e. The molecule has 3 aromatic rings. The Balaban J connectivity index is 1.68. The first-order valence-electron chi connectivity index (χ1n) is 8.12. The number of benzene rings is 2. The van der Waals surface area contributed by atoms with Crippen LogP contribution in [0, 0.1) is 11.3 Å². The maximum absolute atomic E-state index is 12.3. The minimum Gasteiger partial charge on any atom is -0.505 e. The average Bonchev–Trinajstić information content (AvgIpc) is 3.07. The summed E-state index contributed by atoms with van der Waals surface area (Å²) in [5.41, 5.74) is 2.64. The molecule has 0 atom stereocenters. The molecule has 7 heteroatoms. The molecule has 2 aromatic carbocycles. The zero-order chi connectivity index (χ0) is 19.4. The normalized spacial score (nSPS) is 11.4. The van der Waals surface area contributed by atoms with Gasteiger partial charge in [-0.3, -0.25) is 4.79 Å².